The van der Waals surface area contributed by atoms with Crippen LogP contribution in [0.25, 0.3) is 16.8 Å². The first kappa shape index (κ1) is 17.1. The average molecular weight is 348 g/mol. The van der Waals surface area contributed by atoms with E-state index < -0.39 is 0 Å². The number of aromatic nitrogens is 3. The van der Waals surface area contributed by atoms with Gasteiger partial charge in [-0.2, -0.15) is 9.61 Å². The van der Waals surface area contributed by atoms with E-state index in [0.29, 0.717) is 6.04 Å². The Morgan fingerprint density at radius 1 is 1.08 bits per heavy atom. The molecule has 0 bridgehead atoms. The van der Waals surface area contributed by atoms with Crippen LogP contribution >= 0.6 is 0 Å². The smallest absolute Gasteiger partial charge is 0.165 e. The largest absolute Gasteiger partial charge is 0.367 e. The molecule has 4 rings (SSSR count). The third-order valence-electron chi connectivity index (χ3n) is 5.30. The molecular formula is C22H28N4. The summed E-state index contributed by atoms with van der Waals surface area (Å²) in [5, 5.41) is 8.60. The van der Waals surface area contributed by atoms with Crippen molar-refractivity contribution < 1.29 is 0 Å². The molecule has 0 amide bonds. The molecule has 0 unspecified atom stereocenters. The van der Waals surface area contributed by atoms with Crippen molar-refractivity contribution in [1.82, 2.24) is 14.6 Å². The highest BCUT2D eigenvalue weighted by Crippen LogP contribution is 2.33. The molecule has 3 aromatic rings. The van der Waals surface area contributed by atoms with Gasteiger partial charge in [-0.25, -0.2) is 4.98 Å². The Bertz CT molecular complexity index is 913. The lowest BCUT2D eigenvalue weighted by Crippen LogP contribution is -2.20. The maximum Gasteiger partial charge on any atom is 0.165 e. The molecule has 2 heterocycles. The van der Waals surface area contributed by atoms with E-state index in [0.717, 1.165) is 28.4 Å². The van der Waals surface area contributed by atoms with Gasteiger partial charge in [0, 0.05) is 23.1 Å². The van der Waals surface area contributed by atoms with Crippen molar-refractivity contribution in [2.75, 3.05) is 5.32 Å². The molecule has 1 saturated carbocycles. The molecule has 1 fully saturated rings. The van der Waals surface area contributed by atoms with Crippen molar-refractivity contribution in [2.24, 2.45) is 0 Å². The van der Waals surface area contributed by atoms with Gasteiger partial charge in [0.1, 0.15) is 5.82 Å². The van der Waals surface area contributed by atoms with E-state index >= 15 is 0 Å². The highest BCUT2D eigenvalue weighted by molar-refractivity contribution is 5.81. The lowest BCUT2D eigenvalue weighted by Gasteiger charge is -2.21. The molecule has 2 aromatic heterocycles. The maximum absolute atomic E-state index is 5.04. The predicted molar refractivity (Wildman–Crippen MR) is 108 cm³/mol. The van der Waals surface area contributed by atoms with Crippen molar-refractivity contribution in [1.29, 1.82) is 0 Å². The van der Waals surface area contributed by atoms with E-state index in [2.05, 4.69) is 63.3 Å². The Morgan fingerprint density at radius 2 is 1.77 bits per heavy atom. The zero-order chi connectivity index (χ0) is 18.3. The van der Waals surface area contributed by atoms with Crippen LogP contribution in [0.1, 0.15) is 57.8 Å². The molecule has 1 aliphatic rings. The summed E-state index contributed by atoms with van der Waals surface area (Å²) in [5.74, 6) is 1.07. The van der Waals surface area contributed by atoms with Gasteiger partial charge >= 0.3 is 0 Å². The van der Waals surface area contributed by atoms with E-state index in [4.69, 9.17) is 10.1 Å². The number of fused-ring (bicyclic) bond motifs is 1. The van der Waals surface area contributed by atoms with E-state index in [9.17, 15) is 0 Å². The van der Waals surface area contributed by atoms with Crippen LogP contribution in [0.3, 0.4) is 0 Å². The fourth-order valence-electron chi connectivity index (χ4n) is 3.83. The first-order valence-electron chi connectivity index (χ1n) is 9.66. The number of hydrogen-bond donors (Lipinski definition) is 1. The quantitative estimate of drug-likeness (QED) is 0.693. The minimum Gasteiger partial charge on any atom is -0.367 e. The van der Waals surface area contributed by atoms with Crippen LogP contribution < -0.4 is 5.32 Å². The number of aryl methyl sites for hydroxylation is 1. The number of nitrogens with zero attached hydrogens (tertiary/aromatic N) is 3. The Balaban J connectivity index is 1.92. The minimum atomic E-state index is -0.0139. The minimum absolute atomic E-state index is 0.0139. The summed E-state index contributed by atoms with van der Waals surface area (Å²) >= 11 is 0. The topological polar surface area (TPSA) is 42.2 Å². The van der Waals surface area contributed by atoms with Crippen LogP contribution in [0.2, 0.25) is 0 Å². The molecule has 1 aliphatic carbocycles. The van der Waals surface area contributed by atoms with E-state index in [1.165, 1.54) is 31.2 Å². The highest BCUT2D eigenvalue weighted by atomic mass is 15.3. The van der Waals surface area contributed by atoms with Gasteiger partial charge in [0.2, 0.25) is 0 Å². The number of rotatable bonds is 3. The number of benzene rings is 1. The van der Waals surface area contributed by atoms with Crippen LogP contribution in [0.5, 0.6) is 0 Å². The summed E-state index contributed by atoms with van der Waals surface area (Å²) in [4.78, 5) is 5.04. The molecule has 136 valence electrons. The third-order valence-corrected chi connectivity index (χ3v) is 5.30. The highest BCUT2D eigenvalue weighted by Gasteiger charge is 2.24. The second-order valence-corrected chi connectivity index (χ2v) is 8.46. The van der Waals surface area contributed by atoms with Crippen molar-refractivity contribution in [3.05, 3.63) is 47.8 Å². The lowest BCUT2D eigenvalue weighted by atomic mass is 9.91. The van der Waals surface area contributed by atoms with Crippen LogP contribution in [0, 0.1) is 6.92 Å². The summed E-state index contributed by atoms with van der Waals surface area (Å²) < 4.78 is 2.01. The SMILES string of the molecule is Cc1nn2c(NC3CCCC3)cc(C(C)(C)C)nc2c1-c1ccccc1. The van der Waals surface area contributed by atoms with Crippen molar-refractivity contribution in [2.45, 2.75) is 64.8 Å². The molecule has 0 atom stereocenters. The Morgan fingerprint density at radius 3 is 2.42 bits per heavy atom. The van der Waals surface area contributed by atoms with Crippen LogP contribution in [-0.4, -0.2) is 20.6 Å². The molecule has 0 spiro atoms. The Hall–Kier alpha value is -2.36. The zero-order valence-electron chi connectivity index (χ0n) is 16.2. The molecule has 1 aromatic carbocycles. The number of nitrogens with one attached hydrogen (secondary N) is 1. The molecule has 26 heavy (non-hydrogen) atoms. The zero-order valence-corrected chi connectivity index (χ0v) is 16.2. The summed E-state index contributed by atoms with van der Waals surface area (Å²) in [6.45, 7) is 8.73. The average Bonchev–Trinajstić information content (AvgIpc) is 3.21. The predicted octanol–water partition coefficient (Wildman–Crippen LogP) is 5.36. The lowest BCUT2D eigenvalue weighted by molar-refractivity contribution is 0.568. The molecule has 4 heteroatoms. The van der Waals surface area contributed by atoms with Crippen LogP contribution in [0.4, 0.5) is 5.82 Å². The molecule has 4 nitrogen and oxygen atoms in total. The number of hydrogen-bond acceptors (Lipinski definition) is 3. The van der Waals surface area contributed by atoms with Gasteiger partial charge in [0.25, 0.3) is 0 Å². The van der Waals surface area contributed by atoms with E-state index in [-0.39, 0.29) is 5.41 Å². The fourth-order valence-corrected chi connectivity index (χ4v) is 3.83. The van der Waals surface area contributed by atoms with Gasteiger partial charge in [-0.3, -0.25) is 0 Å². The third kappa shape index (κ3) is 3.09. The van der Waals surface area contributed by atoms with Crippen LogP contribution in [-0.2, 0) is 5.41 Å². The van der Waals surface area contributed by atoms with Crippen molar-refractivity contribution >= 4 is 11.5 Å². The maximum atomic E-state index is 5.04. The summed E-state index contributed by atoms with van der Waals surface area (Å²) in [6.07, 6.45) is 5.10. The summed E-state index contributed by atoms with van der Waals surface area (Å²) in [7, 11) is 0. The number of anilines is 1. The van der Waals surface area contributed by atoms with Crippen molar-refractivity contribution in [3.63, 3.8) is 0 Å². The van der Waals surface area contributed by atoms with Crippen LogP contribution in [0.15, 0.2) is 36.4 Å². The van der Waals surface area contributed by atoms with Gasteiger partial charge in [0.15, 0.2) is 5.65 Å². The summed E-state index contributed by atoms with van der Waals surface area (Å²) in [5.41, 5.74) is 5.35. The van der Waals surface area contributed by atoms with Crippen molar-refractivity contribution in [3.8, 4) is 11.1 Å². The fraction of sp³-hybridized carbons (Fsp3) is 0.455. The first-order chi connectivity index (χ1) is 12.4. The van der Waals surface area contributed by atoms with Gasteiger partial charge in [0.05, 0.1) is 11.4 Å². The van der Waals surface area contributed by atoms with Gasteiger partial charge in [-0.15, -0.1) is 0 Å². The molecule has 0 radical (unpaired) electrons. The molecule has 0 aliphatic heterocycles. The van der Waals surface area contributed by atoms with Gasteiger partial charge in [-0.05, 0) is 25.3 Å². The molecular weight excluding hydrogens is 320 g/mol. The van der Waals surface area contributed by atoms with E-state index in [1.807, 2.05) is 10.6 Å². The molecule has 1 N–H and O–H groups in total. The second-order valence-electron chi connectivity index (χ2n) is 8.46. The standard InChI is InChI=1S/C22H28N4/c1-15-20(16-10-6-5-7-11-16)21-24-18(22(2,3)4)14-19(26(21)25-15)23-17-12-8-9-13-17/h5-7,10-11,14,17,23H,8-9,12-13H2,1-4H3. The summed E-state index contributed by atoms with van der Waals surface area (Å²) in [6, 6.07) is 13.2. The monoisotopic (exact) mass is 348 g/mol. The van der Waals surface area contributed by atoms with Gasteiger partial charge < -0.3 is 5.32 Å². The normalized spacial score (nSPS) is 15.7. The second kappa shape index (κ2) is 6.42. The Labute approximate surface area is 155 Å². The molecule has 0 saturated heterocycles. The van der Waals surface area contributed by atoms with Gasteiger partial charge in [-0.1, -0.05) is 63.9 Å². The van der Waals surface area contributed by atoms with E-state index in [1.54, 1.807) is 0 Å². The first-order valence-corrected chi connectivity index (χ1v) is 9.66. The Kier molecular flexibility index (Phi) is 4.22.